The third-order valence-electron chi connectivity index (χ3n) is 7.01. The first-order valence-electron chi connectivity index (χ1n) is 12.1. The highest BCUT2D eigenvalue weighted by Gasteiger charge is 2.27. The van der Waals surface area contributed by atoms with Crippen LogP contribution in [0.15, 0.2) is 84.0 Å². The van der Waals surface area contributed by atoms with Crippen molar-refractivity contribution in [2.45, 2.75) is 36.9 Å². The summed E-state index contributed by atoms with van der Waals surface area (Å²) in [4.78, 5) is 11.8. The fraction of sp³-hybridized carbons (Fsp3) is 0.259. The molecule has 1 aliphatic heterocycles. The molecule has 8 nitrogen and oxygen atoms in total. The Balaban J connectivity index is 1.37. The topological polar surface area (TPSA) is 93.2 Å². The van der Waals surface area contributed by atoms with Gasteiger partial charge < -0.3 is 9.67 Å². The maximum absolute atomic E-state index is 13.3. The summed E-state index contributed by atoms with van der Waals surface area (Å²) in [6.45, 7) is 2.59. The van der Waals surface area contributed by atoms with Crippen LogP contribution in [0.4, 0.5) is 0 Å². The Labute approximate surface area is 209 Å². The molecule has 1 N–H and O–H groups in total. The van der Waals surface area contributed by atoms with E-state index < -0.39 is 10.0 Å². The molecule has 0 spiro atoms. The number of imidazole rings is 1. The minimum atomic E-state index is -3.80. The normalized spacial score (nSPS) is 15.7. The summed E-state index contributed by atoms with van der Waals surface area (Å²) in [5, 5.41) is 10.9. The van der Waals surface area contributed by atoms with E-state index in [1.54, 1.807) is 48.8 Å². The van der Waals surface area contributed by atoms with Crippen molar-refractivity contribution in [2.75, 3.05) is 13.1 Å². The van der Waals surface area contributed by atoms with Crippen LogP contribution in [0.2, 0.25) is 0 Å². The van der Waals surface area contributed by atoms with Crippen molar-refractivity contribution in [2.24, 2.45) is 0 Å². The Morgan fingerprint density at radius 2 is 1.64 bits per heavy atom. The number of pyridine rings is 1. The zero-order chi connectivity index (χ0) is 24.7. The van der Waals surface area contributed by atoms with E-state index in [-0.39, 0.29) is 17.5 Å². The summed E-state index contributed by atoms with van der Waals surface area (Å²) in [6.07, 6.45) is 4.99. The summed E-state index contributed by atoms with van der Waals surface area (Å²) in [6, 6.07) is 20.8. The fourth-order valence-corrected chi connectivity index (χ4v) is 6.60. The highest BCUT2D eigenvalue weighted by molar-refractivity contribution is 7.90. The minimum absolute atomic E-state index is 0.156. The number of hydrogen-bond donors (Lipinski definition) is 1. The van der Waals surface area contributed by atoms with Crippen LogP contribution < -0.4 is 0 Å². The molecule has 1 aliphatic rings. The van der Waals surface area contributed by atoms with Crippen molar-refractivity contribution in [1.29, 1.82) is 0 Å². The molecule has 5 aromatic rings. The van der Waals surface area contributed by atoms with Gasteiger partial charge >= 0.3 is 0 Å². The smallest absolute Gasteiger partial charge is 0.269 e. The van der Waals surface area contributed by atoms with Crippen LogP contribution in [-0.4, -0.2) is 50.0 Å². The number of aliphatic hydroxyl groups excluding tert-OH is 1. The summed E-state index contributed by atoms with van der Waals surface area (Å²) >= 11 is 0. The van der Waals surface area contributed by atoms with Gasteiger partial charge in [0, 0.05) is 37.3 Å². The minimum Gasteiger partial charge on any atom is -0.388 e. The van der Waals surface area contributed by atoms with Gasteiger partial charge in [-0.1, -0.05) is 48.5 Å². The number of aromatic nitrogens is 4. The number of nitrogens with zero attached hydrogens (tertiary/aromatic N) is 5. The van der Waals surface area contributed by atoms with E-state index in [4.69, 9.17) is 0 Å². The van der Waals surface area contributed by atoms with E-state index in [0.29, 0.717) is 22.4 Å². The van der Waals surface area contributed by atoms with Gasteiger partial charge in [0.1, 0.15) is 17.9 Å². The number of rotatable bonds is 6. The van der Waals surface area contributed by atoms with Gasteiger partial charge in [-0.25, -0.2) is 22.4 Å². The quantitative estimate of drug-likeness (QED) is 0.379. The van der Waals surface area contributed by atoms with Gasteiger partial charge in [-0.2, -0.15) is 0 Å². The van der Waals surface area contributed by atoms with E-state index >= 15 is 0 Å². The molecule has 3 aromatic heterocycles. The number of piperidine rings is 1. The van der Waals surface area contributed by atoms with Crippen LogP contribution in [0.5, 0.6) is 0 Å². The van der Waals surface area contributed by atoms with Crippen molar-refractivity contribution in [3.05, 3.63) is 90.5 Å². The molecule has 1 saturated heterocycles. The van der Waals surface area contributed by atoms with Gasteiger partial charge in [0.25, 0.3) is 10.0 Å². The third-order valence-corrected chi connectivity index (χ3v) is 8.69. The Morgan fingerprint density at radius 1 is 0.944 bits per heavy atom. The molecule has 184 valence electrons. The van der Waals surface area contributed by atoms with Crippen molar-refractivity contribution >= 4 is 32.1 Å². The fourth-order valence-electron chi connectivity index (χ4n) is 5.28. The molecule has 36 heavy (non-hydrogen) atoms. The predicted molar refractivity (Wildman–Crippen MR) is 138 cm³/mol. The summed E-state index contributed by atoms with van der Waals surface area (Å²) in [5.74, 6) is 0.583. The third kappa shape index (κ3) is 3.89. The van der Waals surface area contributed by atoms with Gasteiger partial charge in [0.2, 0.25) is 0 Å². The molecule has 0 bridgehead atoms. The number of hydrogen-bond acceptors (Lipinski definition) is 6. The largest absolute Gasteiger partial charge is 0.388 e. The lowest BCUT2D eigenvalue weighted by Crippen LogP contribution is -2.34. The molecule has 0 atom stereocenters. The van der Waals surface area contributed by atoms with Gasteiger partial charge in [0.15, 0.2) is 5.65 Å². The van der Waals surface area contributed by atoms with E-state index in [1.165, 1.54) is 9.54 Å². The zero-order valence-electron chi connectivity index (χ0n) is 19.7. The maximum atomic E-state index is 13.3. The SMILES string of the molecule is O=S(=O)(c1ccccc1)n1ccc2c1ncc1nc(CO)n(C3CCN(Cc4ccccc4)CC3)c12. The van der Waals surface area contributed by atoms with Gasteiger partial charge in [-0.05, 0) is 36.6 Å². The van der Waals surface area contributed by atoms with Crippen molar-refractivity contribution in [1.82, 2.24) is 23.4 Å². The predicted octanol–water partition coefficient (Wildman–Crippen LogP) is 3.95. The molecule has 2 aromatic carbocycles. The molecule has 9 heteroatoms. The first kappa shape index (κ1) is 22.9. The molecule has 0 unspecified atom stereocenters. The van der Waals surface area contributed by atoms with Crippen LogP contribution >= 0.6 is 0 Å². The van der Waals surface area contributed by atoms with E-state index in [0.717, 1.165) is 38.0 Å². The van der Waals surface area contributed by atoms with Gasteiger partial charge in [-0.15, -0.1) is 0 Å². The van der Waals surface area contributed by atoms with Crippen molar-refractivity contribution in [3.63, 3.8) is 0 Å². The molecule has 6 rings (SSSR count). The second-order valence-electron chi connectivity index (χ2n) is 9.21. The van der Waals surface area contributed by atoms with E-state index in [9.17, 15) is 13.5 Å². The van der Waals surface area contributed by atoms with Crippen LogP contribution in [0.25, 0.3) is 22.1 Å². The van der Waals surface area contributed by atoms with Gasteiger partial charge in [0.05, 0.1) is 16.6 Å². The number of aliphatic hydroxyl groups is 1. The molecular weight excluding hydrogens is 474 g/mol. The molecule has 0 saturated carbocycles. The highest BCUT2D eigenvalue weighted by atomic mass is 32.2. The average Bonchev–Trinajstić information content (AvgIpc) is 3.52. The lowest BCUT2D eigenvalue weighted by molar-refractivity contribution is 0.174. The number of likely N-dealkylation sites (tertiary alicyclic amines) is 1. The van der Waals surface area contributed by atoms with E-state index in [2.05, 4.69) is 43.7 Å². The summed E-state index contributed by atoms with van der Waals surface area (Å²) < 4.78 is 30.0. The van der Waals surface area contributed by atoms with Crippen molar-refractivity contribution < 1.29 is 13.5 Å². The summed E-state index contributed by atoms with van der Waals surface area (Å²) in [7, 11) is -3.80. The maximum Gasteiger partial charge on any atom is 0.269 e. The summed E-state index contributed by atoms with van der Waals surface area (Å²) in [5.41, 5.74) is 3.15. The number of benzene rings is 2. The van der Waals surface area contributed by atoms with Crippen LogP contribution in [0, 0.1) is 0 Å². The lowest BCUT2D eigenvalue weighted by atomic mass is 10.0. The van der Waals surface area contributed by atoms with Crippen LogP contribution in [0.1, 0.15) is 30.3 Å². The van der Waals surface area contributed by atoms with Gasteiger partial charge in [-0.3, -0.25) is 4.90 Å². The highest BCUT2D eigenvalue weighted by Crippen LogP contribution is 2.34. The molecule has 4 heterocycles. The standard InChI is InChI=1S/C27H27N5O3S/c33-19-25-29-24-17-28-27-23(13-16-31(27)36(34,35)22-9-5-2-6-10-22)26(24)32(25)21-11-14-30(15-12-21)18-20-7-3-1-4-8-20/h1-10,13,16-17,21,33H,11-12,14-15,18-19H2. The Bertz CT molecular complexity index is 1620. The van der Waals surface area contributed by atoms with Crippen molar-refractivity contribution in [3.8, 4) is 0 Å². The molecule has 1 fully saturated rings. The monoisotopic (exact) mass is 501 g/mol. The molecule has 0 aliphatic carbocycles. The molecule has 0 amide bonds. The van der Waals surface area contributed by atoms with Crippen LogP contribution in [0.3, 0.4) is 0 Å². The zero-order valence-corrected chi connectivity index (χ0v) is 20.6. The second kappa shape index (κ2) is 9.16. The molecule has 0 radical (unpaired) electrons. The first-order chi connectivity index (χ1) is 17.6. The Kier molecular flexibility index (Phi) is 5.83. The average molecular weight is 502 g/mol. The number of fused-ring (bicyclic) bond motifs is 3. The first-order valence-corrected chi connectivity index (χ1v) is 13.5. The Hall–Kier alpha value is -3.53. The second-order valence-corrected chi connectivity index (χ2v) is 11.0. The van der Waals surface area contributed by atoms with Crippen LogP contribution in [-0.2, 0) is 23.2 Å². The lowest BCUT2D eigenvalue weighted by Gasteiger charge is -2.33. The molecular formula is C27H27N5O3S. The van der Waals surface area contributed by atoms with E-state index in [1.807, 2.05) is 6.07 Å². The Morgan fingerprint density at radius 3 is 2.33 bits per heavy atom.